The van der Waals surface area contributed by atoms with E-state index in [1.807, 2.05) is 159 Å². The standard InChI is InChI=1S/C42H52N2O2.C30H25ClN2O3.C29H30O5.C7H6N2S/c1-5-7-9-11-13-21-29-43-31(3)39(34-24-16-19-27-37(34)43)42(36-26-18-15-23-33(36)41(45)46-42)40-32(4)44(30-22-14-12-10-8-6-2)38-28-20-17-25-35(38)40;1-3-33(4-2)20-14-15-23-27(16-20)35-28-18-25(31)26(32-19-10-6-5-7-11-19)17-24(28)30(23)22-13-9-8-12-21(22)29(34)36-30;1-5-6-7-8-11-19-15-23-27(17-25(19)32-4)33-26-16-24(31-3)18(2)14-22(26)29(23)21-13-10-9-12-20(21)28(30)34-29;10-7-8-5-3-1-2-4-6(5)9-7/h15-20,23-28H,5-14,21-22,29-30H2,1-4H3;5-18,32H,3-4H2,1-2H3;9-10,12-17H,5-8,11H2,1-4H3;1-4H,(H2,8,9,10). The zero-order valence-electron chi connectivity index (χ0n) is 74.0. The molecular weight excluding hydrogens is 1610 g/mol. The number of hydrogen-bond acceptors (Lipinski definition) is 13. The van der Waals surface area contributed by atoms with Gasteiger partial charge in [-0.3, -0.25) is 0 Å². The SMILES string of the molecule is CCCCCCCCn1c(C)c(C2(c3c(C)n(CCCCCCCC)c4ccccc34)OC(=O)c3ccccc32)c2ccccc21.CCCCCCc1cc2c(cc1OC)Oc1cc(OC)c(C)cc1C21OC(=O)c2ccccc21.CCN(CC)c1ccc2c(c1)Oc1cc(Cl)c(Nc3ccccc3)cc1C21OC(=O)c2ccccc21.S=c1[nH]c2ccccc2[nH]1. The van der Waals surface area contributed by atoms with Gasteiger partial charge in [0.05, 0.1) is 52.7 Å². The first-order chi connectivity index (χ1) is 61.5. The number of aromatic amines is 2. The molecule has 8 heterocycles. The summed E-state index contributed by atoms with van der Waals surface area (Å²) >= 11 is 11.6. The molecule has 0 bridgehead atoms. The minimum atomic E-state index is -1.14. The van der Waals surface area contributed by atoms with Gasteiger partial charge in [0, 0.05) is 145 Å². The van der Waals surface area contributed by atoms with Crippen molar-refractivity contribution >= 4 is 91.6 Å². The average molecular weight is 1720 g/mol. The first-order valence-corrected chi connectivity index (χ1v) is 45.9. The van der Waals surface area contributed by atoms with Crippen molar-refractivity contribution in [2.24, 2.45) is 0 Å². The quantitative estimate of drug-likeness (QED) is 0.0183. The van der Waals surface area contributed by atoms with Crippen LogP contribution >= 0.6 is 23.8 Å². The number of methoxy groups -OCH3 is 2. The summed E-state index contributed by atoms with van der Waals surface area (Å²) in [6.45, 7) is 21.1. The molecule has 5 aliphatic heterocycles. The molecule has 16 nitrogen and oxygen atoms in total. The maximum Gasteiger partial charge on any atom is 0.340 e. The molecule has 126 heavy (non-hydrogen) atoms. The van der Waals surface area contributed by atoms with Crippen molar-refractivity contribution in [2.75, 3.05) is 37.5 Å². The van der Waals surface area contributed by atoms with E-state index in [0.29, 0.717) is 55.2 Å². The molecule has 0 radical (unpaired) electrons. The number of hydrogen-bond donors (Lipinski definition) is 3. The predicted molar refractivity (Wildman–Crippen MR) is 509 cm³/mol. The highest BCUT2D eigenvalue weighted by atomic mass is 35.5. The lowest BCUT2D eigenvalue weighted by Crippen LogP contribution is -2.33. The number of nitrogens with zero attached hydrogens (tertiary/aromatic N) is 3. The Balaban J connectivity index is 0.000000133. The van der Waals surface area contributed by atoms with Crippen LogP contribution < -0.4 is 29.2 Å². The molecule has 2 unspecified atom stereocenters. The summed E-state index contributed by atoms with van der Waals surface area (Å²) in [5.74, 6) is 3.01. The smallest absolute Gasteiger partial charge is 0.340 e. The van der Waals surface area contributed by atoms with Crippen molar-refractivity contribution in [1.29, 1.82) is 0 Å². The Bertz CT molecular complexity index is 6280. The van der Waals surface area contributed by atoms with E-state index in [-0.39, 0.29) is 17.9 Å². The molecule has 3 aromatic heterocycles. The number of H-pyrrole nitrogens is 2. The summed E-state index contributed by atoms with van der Waals surface area (Å²) in [6, 6.07) is 76.2. The van der Waals surface area contributed by atoms with Gasteiger partial charge in [0.15, 0.2) is 21.6 Å². The van der Waals surface area contributed by atoms with Crippen LogP contribution in [0.2, 0.25) is 5.02 Å². The Hall–Kier alpha value is -12.3. The number of fused-ring (bicyclic) bond motifs is 16. The minimum absolute atomic E-state index is 0.241. The third kappa shape index (κ3) is 16.3. The second-order valence-corrected chi connectivity index (χ2v) is 34.2. The number of anilines is 3. The monoisotopic (exact) mass is 1720 g/mol. The second-order valence-electron chi connectivity index (χ2n) is 33.4. The lowest BCUT2D eigenvalue weighted by molar-refractivity contribution is 0.0214. The maximum absolute atomic E-state index is 13.9. The number of nitrogens with one attached hydrogen (secondary N) is 3. The molecule has 19 rings (SSSR count). The van der Waals surface area contributed by atoms with Gasteiger partial charge >= 0.3 is 17.9 Å². The molecule has 0 aliphatic carbocycles. The number of para-hydroxylation sites is 5. The van der Waals surface area contributed by atoms with Crippen LogP contribution in [0.15, 0.2) is 231 Å². The zero-order valence-corrected chi connectivity index (χ0v) is 75.6. The van der Waals surface area contributed by atoms with Crippen LogP contribution in [-0.4, -0.2) is 64.3 Å². The maximum atomic E-state index is 13.9. The molecule has 5 aliphatic rings. The fraction of sp³-hybridized carbons (Fsp3) is 0.315. The molecule has 14 aromatic rings. The van der Waals surface area contributed by atoms with E-state index in [9.17, 15) is 14.4 Å². The van der Waals surface area contributed by atoms with Gasteiger partial charge in [-0.2, -0.15) is 0 Å². The Morgan fingerprint density at radius 3 is 1.37 bits per heavy atom. The van der Waals surface area contributed by atoms with Gasteiger partial charge < -0.3 is 62.5 Å². The summed E-state index contributed by atoms with van der Waals surface area (Å²) < 4.78 is 49.3. The third-order valence-corrected chi connectivity index (χ3v) is 26.2. The summed E-state index contributed by atoms with van der Waals surface area (Å²) in [7, 11) is 3.32. The number of benzene rings is 11. The molecule has 18 heteroatoms. The van der Waals surface area contributed by atoms with Crippen LogP contribution in [-0.2, 0) is 50.5 Å². The van der Waals surface area contributed by atoms with E-state index in [1.54, 1.807) is 20.3 Å². The fourth-order valence-corrected chi connectivity index (χ4v) is 20.0. The Kier molecular flexibility index (Phi) is 26.5. The molecule has 0 saturated carbocycles. The molecule has 2 atom stereocenters. The number of unbranched alkanes of at least 4 members (excludes halogenated alkanes) is 13. The van der Waals surface area contributed by atoms with Crippen LogP contribution in [0.4, 0.5) is 17.1 Å². The molecule has 3 N–H and O–H groups in total. The summed E-state index contributed by atoms with van der Waals surface area (Å²) in [5, 5.41) is 6.24. The van der Waals surface area contributed by atoms with Crippen LogP contribution in [0.25, 0.3) is 32.8 Å². The Labute approximate surface area is 749 Å². The molecule has 0 saturated heterocycles. The number of ether oxygens (including phenoxy) is 7. The van der Waals surface area contributed by atoms with Gasteiger partial charge in [-0.05, 0) is 169 Å². The number of carbonyl (C=O) groups excluding carboxylic acids is 3. The predicted octanol–water partition coefficient (Wildman–Crippen LogP) is 27.8. The highest BCUT2D eigenvalue weighted by molar-refractivity contribution is 7.71. The number of carbonyl (C=O) groups is 3. The van der Waals surface area contributed by atoms with E-state index < -0.39 is 16.8 Å². The molecule has 0 fully saturated rings. The number of aromatic nitrogens is 4. The van der Waals surface area contributed by atoms with Crippen LogP contribution in [0.5, 0.6) is 34.5 Å². The molecular formula is C108H113ClN6O10S. The second kappa shape index (κ2) is 38.3. The number of rotatable bonds is 28. The normalized spacial score (nSPS) is 15.5. The van der Waals surface area contributed by atoms with E-state index in [4.69, 9.17) is 57.0 Å². The van der Waals surface area contributed by atoms with Gasteiger partial charge in [-0.25, -0.2) is 14.4 Å². The van der Waals surface area contributed by atoms with Crippen LogP contribution in [0, 0.1) is 25.5 Å². The number of halogens is 1. The van der Waals surface area contributed by atoms with E-state index in [1.165, 1.54) is 110 Å². The first kappa shape index (κ1) is 87.2. The van der Waals surface area contributed by atoms with E-state index >= 15 is 0 Å². The zero-order chi connectivity index (χ0) is 87.8. The van der Waals surface area contributed by atoms with Gasteiger partial charge in [0.25, 0.3) is 0 Å². The number of aryl methyl sites for hydroxylation is 4. The van der Waals surface area contributed by atoms with Crippen molar-refractivity contribution in [3.63, 3.8) is 0 Å². The largest absolute Gasteiger partial charge is 0.496 e. The topological polar surface area (TPSA) is 173 Å². The number of cyclic esters (lactones) is 1. The van der Waals surface area contributed by atoms with Crippen molar-refractivity contribution < 1.29 is 47.5 Å². The minimum Gasteiger partial charge on any atom is -0.496 e. The highest BCUT2D eigenvalue weighted by Gasteiger charge is 2.57. The summed E-state index contributed by atoms with van der Waals surface area (Å²) in [6.07, 6.45) is 20.6. The lowest BCUT2D eigenvalue weighted by Gasteiger charge is -2.37. The van der Waals surface area contributed by atoms with Crippen molar-refractivity contribution in [2.45, 2.75) is 194 Å². The summed E-state index contributed by atoms with van der Waals surface area (Å²) in [5.41, 5.74) is 18.1. The van der Waals surface area contributed by atoms with Gasteiger partial charge in [0.2, 0.25) is 0 Å². The number of esters is 3. The molecule has 2 spiro atoms. The lowest BCUT2D eigenvalue weighted by atomic mass is 9.76. The Morgan fingerprint density at radius 1 is 0.421 bits per heavy atom. The van der Waals surface area contributed by atoms with Crippen molar-refractivity contribution in [3.8, 4) is 34.5 Å². The fourth-order valence-electron chi connectivity index (χ4n) is 19.6. The Morgan fingerprint density at radius 2 is 0.841 bits per heavy atom. The molecule has 11 aromatic carbocycles. The first-order valence-electron chi connectivity index (χ1n) is 45.1. The molecule has 0 amide bonds. The average Bonchev–Trinajstić information content (AvgIpc) is 1.50. The van der Waals surface area contributed by atoms with Crippen molar-refractivity contribution in [3.05, 3.63) is 330 Å². The number of imidazole rings is 1. The van der Waals surface area contributed by atoms with E-state index in [0.717, 1.165) is 153 Å². The van der Waals surface area contributed by atoms with Gasteiger partial charge in [-0.1, -0.05) is 237 Å². The van der Waals surface area contributed by atoms with Gasteiger partial charge in [0.1, 0.15) is 34.5 Å². The van der Waals surface area contributed by atoms with Gasteiger partial charge in [-0.15, -0.1) is 0 Å². The van der Waals surface area contributed by atoms with Crippen molar-refractivity contribution in [1.82, 2.24) is 19.1 Å². The third-order valence-electron chi connectivity index (χ3n) is 25.7. The van der Waals surface area contributed by atoms with E-state index in [2.05, 4.69) is 151 Å². The van der Waals surface area contributed by atoms with Crippen LogP contribution in [0.1, 0.15) is 241 Å². The molecule has 648 valence electrons. The highest BCUT2D eigenvalue weighted by Crippen LogP contribution is 2.61. The van der Waals surface area contributed by atoms with Crippen LogP contribution in [0.3, 0.4) is 0 Å². The summed E-state index contributed by atoms with van der Waals surface area (Å²) in [4.78, 5) is 48.4.